The number of halogens is 1. The van der Waals surface area contributed by atoms with Crippen LogP contribution in [0.4, 0.5) is 4.39 Å². The van der Waals surface area contributed by atoms with Crippen LogP contribution >= 0.6 is 0 Å². The van der Waals surface area contributed by atoms with E-state index in [-0.39, 0.29) is 18.3 Å². The minimum Gasteiger partial charge on any atom is -0.481 e. The molecule has 0 bridgehead atoms. The third-order valence-corrected chi connectivity index (χ3v) is 2.63. The van der Waals surface area contributed by atoms with Gasteiger partial charge in [0.15, 0.2) is 18.2 Å². The summed E-state index contributed by atoms with van der Waals surface area (Å²) in [5, 5.41) is 2.94. The molecule has 0 saturated heterocycles. The van der Waals surface area contributed by atoms with Crippen molar-refractivity contribution >= 4 is 5.91 Å². The van der Waals surface area contributed by atoms with Crippen LogP contribution in [0.2, 0.25) is 0 Å². The first-order valence-corrected chi connectivity index (χ1v) is 5.88. The lowest BCUT2D eigenvalue weighted by Gasteiger charge is -2.15. The molecular formula is C13H19FN2O2. The summed E-state index contributed by atoms with van der Waals surface area (Å²) < 4.78 is 18.8. The number of amides is 1. The Hall–Kier alpha value is -1.62. The van der Waals surface area contributed by atoms with Crippen LogP contribution in [0.5, 0.6) is 5.75 Å². The third-order valence-electron chi connectivity index (χ3n) is 2.63. The van der Waals surface area contributed by atoms with Crippen molar-refractivity contribution in [1.82, 2.24) is 10.2 Å². The Kier molecular flexibility index (Phi) is 5.58. The highest BCUT2D eigenvalue weighted by molar-refractivity contribution is 5.77. The first-order valence-electron chi connectivity index (χ1n) is 5.88. The maximum atomic E-state index is 13.6. The van der Waals surface area contributed by atoms with Crippen LogP contribution in [0.3, 0.4) is 0 Å². The van der Waals surface area contributed by atoms with E-state index in [1.807, 2.05) is 6.92 Å². The van der Waals surface area contributed by atoms with E-state index >= 15 is 0 Å². The predicted molar refractivity (Wildman–Crippen MR) is 68.0 cm³/mol. The largest absolute Gasteiger partial charge is 0.481 e. The van der Waals surface area contributed by atoms with Crippen molar-refractivity contribution in [1.29, 1.82) is 0 Å². The molecule has 0 aliphatic rings. The second-order valence-electron chi connectivity index (χ2n) is 3.99. The van der Waals surface area contributed by atoms with E-state index in [9.17, 15) is 9.18 Å². The topological polar surface area (TPSA) is 41.6 Å². The van der Waals surface area contributed by atoms with Crippen molar-refractivity contribution in [2.24, 2.45) is 0 Å². The second-order valence-corrected chi connectivity index (χ2v) is 3.99. The van der Waals surface area contributed by atoms with Crippen molar-refractivity contribution in [3.05, 3.63) is 29.6 Å². The van der Waals surface area contributed by atoms with Crippen LogP contribution in [0, 0.1) is 5.82 Å². The van der Waals surface area contributed by atoms with Crippen LogP contribution in [0.15, 0.2) is 18.2 Å². The molecule has 0 aliphatic carbocycles. The number of benzene rings is 1. The predicted octanol–water partition coefficient (Wildman–Crippen LogP) is 1.40. The van der Waals surface area contributed by atoms with Gasteiger partial charge in [0.1, 0.15) is 0 Å². The fourth-order valence-electron chi connectivity index (χ4n) is 1.40. The van der Waals surface area contributed by atoms with Gasteiger partial charge in [-0.05, 0) is 31.7 Å². The van der Waals surface area contributed by atoms with Gasteiger partial charge in [0.25, 0.3) is 5.91 Å². The van der Waals surface area contributed by atoms with E-state index in [4.69, 9.17) is 4.74 Å². The Balaban J connectivity index is 2.60. The molecule has 1 amide bonds. The first kappa shape index (κ1) is 14.4. The zero-order valence-corrected chi connectivity index (χ0v) is 11.0. The summed E-state index contributed by atoms with van der Waals surface area (Å²) in [7, 11) is 3.47. The summed E-state index contributed by atoms with van der Waals surface area (Å²) in [6, 6.07) is 4.71. The van der Waals surface area contributed by atoms with Crippen LogP contribution in [-0.2, 0) is 11.3 Å². The highest BCUT2D eigenvalue weighted by Crippen LogP contribution is 2.18. The highest BCUT2D eigenvalue weighted by Gasteiger charge is 2.10. The van der Waals surface area contributed by atoms with Crippen molar-refractivity contribution in [3.63, 3.8) is 0 Å². The first-order chi connectivity index (χ1) is 8.58. The van der Waals surface area contributed by atoms with Crippen LogP contribution < -0.4 is 10.1 Å². The second kappa shape index (κ2) is 6.96. The van der Waals surface area contributed by atoms with E-state index in [1.54, 1.807) is 26.2 Å². The molecule has 1 aromatic carbocycles. The third kappa shape index (κ3) is 4.00. The number of hydrogen-bond acceptors (Lipinski definition) is 3. The number of rotatable bonds is 6. The molecule has 18 heavy (non-hydrogen) atoms. The molecule has 0 saturated carbocycles. The average molecular weight is 254 g/mol. The van der Waals surface area contributed by atoms with Crippen molar-refractivity contribution in [3.8, 4) is 5.75 Å². The van der Waals surface area contributed by atoms with Gasteiger partial charge in [-0.3, -0.25) is 4.79 Å². The summed E-state index contributed by atoms with van der Waals surface area (Å²) in [6.45, 7) is 2.91. The molecule has 0 radical (unpaired) electrons. The molecule has 0 unspecified atom stereocenters. The maximum Gasteiger partial charge on any atom is 0.260 e. The molecule has 0 fully saturated rings. The fourth-order valence-corrected chi connectivity index (χ4v) is 1.40. The van der Waals surface area contributed by atoms with E-state index in [2.05, 4.69) is 5.32 Å². The van der Waals surface area contributed by atoms with E-state index in [1.165, 1.54) is 11.0 Å². The Labute approximate surface area is 107 Å². The molecule has 1 aromatic rings. The molecule has 0 aliphatic heterocycles. The quantitative estimate of drug-likeness (QED) is 0.834. The van der Waals surface area contributed by atoms with E-state index < -0.39 is 5.82 Å². The summed E-state index contributed by atoms with van der Waals surface area (Å²) >= 11 is 0. The molecule has 4 nitrogen and oxygen atoms in total. The lowest BCUT2D eigenvalue weighted by molar-refractivity contribution is -0.131. The van der Waals surface area contributed by atoms with Gasteiger partial charge in [0.05, 0.1) is 0 Å². The zero-order valence-electron chi connectivity index (χ0n) is 11.0. The molecule has 0 spiro atoms. The Bertz CT molecular complexity index is 410. The van der Waals surface area contributed by atoms with Gasteiger partial charge in [0.2, 0.25) is 0 Å². The Morgan fingerprint density at radius 3 is 2.78 bits per heavy atom. The molecule has 100 valence electrons. The number of hydrogen-bond donors (Lipinski definition) is 1. The smallest absolute Gasteiger partial charge is 0.260 e. The SMILES string of the molecule is CCN(C)C(=O)COc1ccc(CNC)cc1F. The van der Waals surface area contributed by atoms with Crippen molar-refractivity contribution in [2.75, 3.05) is 27.2 Å². The number of ether oxygens (including phenoxy) is 1. The molecule has 0 heterocycles. The summed E-state index contributed by atoms with van der Waals surface area (Å²) in [6.07, 6.45) is 0. The van der Waals surface area contributed by atoms with Gasteiger partial charge < -0.3 is 15.0 Å². The van der Waals surface area contributed by atoms with Crippen LogP contribution in [0.25, 0.3) is 0 Å². The number of likely N-dealkylation sites (N-methyl/N-ethyl adjacent to an activating group) is 1. The summed E-state index contributed by atoms with van der Waals surface area (Å²) in [5.41, 5.74) is 0.833. The van der Waals surface area contributed by atoms with Gasteiger partial charge in [-0.25, -0.2) is 4.39 Å². The van der Waals surface area contributed by atoms with Crippen molar-refractivity contribution < 1.29 is 13.9 Å². The molecule has 1 rings (SSSR count). The summed E-state index contributed by atoms with van der Waals surface area (Å²) in [4.78, 5) is 13.0. The molecule has 0 atom stereocenters. The Morgan fingerprint density at radius 1 is 1.50 bits per heavy atom. The molecule has 1 N–H and O–H groups in total. The van der Waals surface area contributed by atoms with Gasteiger partial charge >= 0.3 is 0 Å². The van der Waals surface area contributed by atoms with E-state index in [0.29, 0.717) is 13.1 Å². The normalized spacial score (nSPS) is 10.2. The van der Waals surface area contributed by atoms with Crippen LogP contribution in [-0.4, -0.2) is 38.1 Å². The van der Waals surface area contributed by atoms with E-state index in [0.717, 1.165) is 5.56 Å². The molecule has 0 aromatic heterocycles. The number of nitrogens with zero attached hydrogens (tertiary/aromatic N) is 1. The molecular weight excluding hydrogens is 235 g/mol. The minimum atomic E-state index is -0.449. The standard InChI is InChI=1S/C13H19FN2O2/c1-4-16(3)13(17)9-18-12-6-5-10(8-15-2)7-11(12)14/h5-7,15H,4,8-9H2,1-3H3. The average Bonchev–Trinajstić information content (AvgIpc) is 2.36. The van der Waals surface area contributed by atoms with Gasteiger partial charge in [-0.15, -0.1) is 0 Å². The van der Waals surface area contributed by atoms with Gasteiger partial charge in [-0.1, -0.05) is 6.07 Å². The van der Waals surface area contributed by atoms with Crippen LogP contribution in [0.1, 0.15) is 12.5 Å². The highest BCUT2D eigenvalue weighted by atomic mass is 19.1. The summed E-state index contributed by atoms with van der Waals surface area (Å²) in [5.74, 6) is -0.515. The minimum absolute atomic E-state index is 0.104. The maximum absolute atomic E-state index is 13.6. The lowest BCUT2D eigenvalue weighted by atomic mass is 10.2. The monoisotopic (exact) mass is 254 g/mol. The zero-order chi connectivity index (χ0) is 13.5. The van der Waals surface area contributed by atoms with Gasteiger partial charge in [0, 0.05) is 20.1 Å². The van der Waals surface area contributed by atoms with Crippen molar-refractivity contribution in [2.45, 2.75) is 13.5 Å². The lowest BCUT2D eigenvalue weighted by Crippen LogP contribution is -2.31. The number of carbonyl (C=O) groups excluding carboxylic acids is 1. The Morgan fingerprint density at radius 2 is 2.22 bits per heavy atom. The fraction of sp³-hybridized carbons (Fsp3) is 0.462. The number of nitrogens with one attached hydrogen (secondary N) is 1. The molecule has 5 heteroatoms. The van der Waals surface area contributed by atoms with Gasteiger partial charge in [-0.2, -0.15) is 0 Å². The number of carbonyl (C=O) groups is 1.